The summed E-state index contributed by atoms with van der Waals surface area (Å²) in [6.45, 7) is 3.78. The number of aliphatic hydroxyl groups excluding tert-OH is 1. The molecule has 106 valence electrons. The fraction of sp³-hybridized carbons (Fsp3) is 0.400. The van der Waals surface area contributed by atoms with E-state index in [1.54, 1.807) is 6.92 Å². The van der Waals surface area contributed by atoms with Crippen LogP contribution in [0, 0.1) is 0 Å². The zero-order chi connectivity index (χ0) is 14.2. The second-order valence-electron chi connectivity index (χ2n) is 5.38. The molecular weight excluding hydrogens is 272 g/mol. The molecule has 0 saturated carbocycles. The van der Waals surface area contributed by atoms with Gasteiger partial charge >= 0.3 is 0 Å². The normalized spacial score (nSPS) is 19.6. The van der Waals surface area contributed by atoms with Crippen molar-refractivity contribution in [2.75, 3.05) is 13.1 Å². The molecule has 1 atom stereocenters. The first-order valence-electron chi connectivity index (χ1n) is 6.70. The molecule has 2 heterocycles. The summed E-state index contributed by atoms with van der Waals surface area (Å²) in [4.78, 5) is 7.51. The highest BCUT2D eigenvalue weighted by Crippen LogP contribution is 2.33. The van der Waals surface area contributed by atoms with Gasteiger partial charge in [-0.15, -0.1) is 11.3 Å². The van der Waals surface area contributed by atoms with Crippen LogP contribution in [0.4, 0.5) is 0 Å². The third-order valence-electron chi connectivity index (χ3n) is 3.59. The number of nitrogens with zero attached hydrogens (tertiary/aromatic N) is 2. The first-order chi connectivity index (χ1) is 9.57. The number of aromatic nitrogens is 1. The summed E-state index contributed by atoms with van der Waals surface area (Å²) in [5, 5.41) is 20.7. The molecule has 1 unspecified atom stereocenters. The van der Waals surface area contributed by atoms with E-state index in [-0.39, 0.29) is 0 Å². The third kappa shape index (κ3) is 2.62. The average molecular weight is 290 g/mol. The quantitative estimate of drug-likeness (QED) is 0.903. The van der Waals surface area contributed by atoms with Crippen LogP contribution >= 0.6 is 11.3 Å². The Hall–Kier alpha value is -1.27. The lowest BCUT2D eigenvalue weighted by molar-refractivity contribution is -0.107. The molecule has 5 heteroatoms. The van der Waals surface area contributed by atoms with E-state index in [4.69, 9.17) is 0 Å². The Morgan fingerprint density at radius 2 is 2.05 bits per heavy atom. The summed E-state index contributed by atoms with van der Waals surface area (Å²) < 4.78 is 0. The Labute approximate surface area is 122 Å². The molecule has 1 aliphatic heterocycles. The molecule has 1 aromatic heterocycles. The van der Waals surface area contributed by atoms with Crippen LogP contribution in [0.1, 0.15) is 28.5 Å². The molecule has 0 radical (unpaired) electrons. The Balaban J connectivity index is 1.60. The lowest BCUT2D eigenvalue weighted by atomic mass is 9.86. The summed E-state index contributed by atoms with van der Waals surface area (Å²) in [5.41, 5.74) is 0.254. The third-order valence-corrected chi connectivity index (χ3v) is 4.74. The average Bonchev–Trinajstić information content (AvgIpc) is 2.86. The van der Waals surface area contributed by atoms with E-state index < -0.39 is 11.7 Å². The molecular formula is C15H18N2O2S. The molecule has 1 aromatic carbocycles. The van der Waals surface area contributed by atoms with Crippen LogP contribution in [-0.2, 0) is 12.1 Å². The Morgan fingerprint density at radius 1 is 1.35 bits per heavy atom. The van der Waals surface area contributed by atoms with Crippen molar-refractivity contribution in [3.8, 4) is 0 Å². The zero-order valence-electron chi connectivity index (χ0n) is 11.4. The van der Waals surface area contributed by atoms with E-state index in [0.717, 1.165) is 22.0 Å². The number of likely N-dealkylation sites (tertiary alicyclic amines) is 1. The second-order valence-corrected chi connectivity index (χ2v) is 6.53. The minimum absolute atomic E-state index is 0.508. The van der Waals surface area contributed by atoms with Crippen molar-refractivity contribution in [2.45, 2.75) is 25.2 Å². The van der Waals surface area contributed by atoms with Gasteiger partial charge in [0, 0.05) is 30.7 Å². The van der Waals surface area contributed by atoms with Gasteiger partial charge in [0.15, 0.2) is 0 Å². The zero-order valence-corrected chi connectivity index (χ0v) is 12.2. The molecule has 1 aliphatic rings. The van der Waals surface area contributed by atoms with E-state index in [1.807, 2.05) is 36.5 Å². The predicted octanol–water partition coefficient (Wildman–Crippen LogP) is 1.90. The molecule has 1 saturated heterocycles. The summed E-state index contributed by atoms with van der Waals surface area (Å²) in [7, 11) is 0. The van der Waals surface area contributed by atoms with Gasteiger partial charge in [0.05, 0.1) is 0 Å². The van der Waals surface area contributed by atoms with Crippen LogP contribution in [0.5, 0.6) is 0 Å². The van der Waals surface area contributed by atoms with Crippen molar-refractivity contribution in [3.05, 3.63) is 52.0 Å². The number of thiazole rings is 1. The number of β-amino-alcohol motifs (C(OH)–C–C–N with tert-alkyl or cyclic N) is 1. The van der Waals surface area contributed by atoms with E-state index >= 15 is 0 Å². The van der Waals surface area contributed by atoms with E-state index in [9.17, 15) is 10.2 Å². The molecule has 0 bridgehead atoms. The van der Waals surface area contributed by atoms with Crippen molar-refractivity contribution >= 4 is 11.3 Å². The van der Waals surface area contributed by atoms with Gasteiger partial charge in [-0.3, -0.25) is 4.90 Å². The topological polar surface area (TPSA) is 56.6 Å². The summed E-state index contributed by atoms with van der Waals surface area (Å²) in [6, 6.07) is 9.80. The molecule has 0 spiro atoms. The van der Waals surface area contributed by atoms with Crippen LogP contribution in [-0.4, -0.2) is 33.2 Å². The number of benzene rings is 1. The summed E-state index contributed by atoms with van der Waals surface area (Å²) >= 11 is 1.53. The lowest BCUT2D eigenvalue weighted by Crippen LogP contribution is -2.58. The first-order valence-corrected chi connectivity index (χ1v) is 7.51. The van der Waals surface area contributed by atoms with Crippen molar-refractivity contribution in [1.82, 2.24) is 9.88 Å². The van der Waals surface area contributed by atoms with E-state index in [0.29, 0.717) is 13.1 Å². The number of hydrogen-bond donors (Lipinski definition) is 2. The van der Waals surface area contributed by atoms with Crippen molar-refractivity contribution < 1.29 is 10.2 Å². The smallest absolute Gasteiger partial charge is 0.121 e. The van der Waals surface area contributed by atoms with Gasteiger partial charge in [0.1, 0.15) is 16.7 Å². The standard InChI is InChI=1S/C15H18N2O2S/c1-11(18)14-16-7-13(20-14)8-17-9-15(19,10-17)12-5-3-2-4-6-12/h2-7,11,18-19H,8-10H2,1H3. The Kier molecular flexibility index (Phi) is 3.60. The van der Waals surface area contributed by atoms with Crippen LogP contribution in [0.15, 0.2) is 36.5 Å². The molecule has 0 aliphatic carbocycles. The van der Waals surface area contributed by atoms with Gasteiger partial charge in [0.2, 0.25) is 0 Å². The largest absolute Gasteiger partial charge is 0.386 e. The molecule has 0 amide bonds. The van der Waals surface area contributed by atoms with Gasteiger partial charge in [-0.25, -0.2) is 4.98 Å². The Bertz CT molecular complexity index is 577. The molecule has 1 fully saturated rings. The van der Waals surface area contributed by atoms with Crippen molar-refractivity contribution in [2.24, 2.45) is 0 Å². The first kappa shape index (κ1) is 13.7. The monoisotopic (exact) mass is 290 g/mol. The number of aliphatic hydroxyl groups is 2. The highest BCUT2D eigenvalue weighted by Gasteiger charge is 2.42. The summed E-state index contributed by atoms with van der Waals surface area (Å²) in [5.74, 6) is 0. The van der Waals surface area contributed by atoms with Crippen LogP contribution in [0.2, 0.25) is 0 Å². The van der Waals surface area contributed by atoms with Crippen molar-refractivity contribution in [1.29, 1.82) is 0 Å². The summed E-state index contributed by atoms with van der Waals surface area (Å²) in [6.07, 6.45) is 1.30. The minimum atomic E-state index is -0.723. The van der Waals surface area contributed by atoms with Crippen LogP contribution < -0.4 is 0 Å². The maximum atomic E-state index is 10.5. The minimum Gasteiger partial charge on any atom is -0.386 e. The molecule has 3 rings (SSSR count). The fourth-order valence-electron chi connectivity index (χ4n) is 2.55. The Morgan fingerprint density at radius 3 is 2.65 bits per heavy atom. The maximum absolute atomic E-state index is 10.5. The SMILES string of the molecule is CC(O)c1ncc(CN2CC(O)(c3ccccc3)C2)s1. The predicted molar refractivity (Wildman–Crippen MR) is 78.4 cm³/mol. The van der Waals surface area contributed by atoms with E-state index in [1.165, 1.54) is 11.3 Å². The molecule has 4 nitrogen and oxygen atoms in total. The number of hydrogen-bond acceptors (Lipinski definition) is 5. The van der Waals surface area contributed by atoms with E-state index in [2.05, 4.69) is 9.88 Å². The highest BCUT2D eigenvalue weighted by atomic mass is 32.1. The molecule has 2 aromatic rings. The lowest BCUT2D eigenvalue weighted by Gasteiger charge is -2.46. The van der Waals surface area contributed by atoms with Gasteiger partial charge in [-0.05, 0) is 12.5 Å². The van der Waals surface area contributed by atoms with Gasteiger partial charge in [-0.1, -0.05) is 30.3 Å². The van der Waals surface area contributed by atoms with Gasteiger partial charge in [0.25, 0.3) is 0 Å². The van der Waals surface area contributed by atoms with Crippen molar-refractivity contribution in [3.63, 3.8) is 0 Å². The number of rotatable bonds is 4. The second kappa shape index (κ2) is 5.26. The molecule has 20 heavy (non-hydrogen) atoms. The fourth-order valence-corrected chi connectivity index (χ4v) is 3.44. The maximum Gasteiger partial charge on any atom is 0.121 e. The van der Waals surface area contributed by atoms with Gasteiger partial charge in [-0.2, -0.15) is 0 Å². The van der Waals surface area contributed by atoms with Crippen LogP contribution in [0.3, 0.4) is 0 Å². The highest BCUT2D eigenvalue weighted by molar-refractivity contribution is 7.11. The van der Waals surface area contributed by atoms with Gasteiger partial charge < -0.3 is 10.2 Å². The van der Waals surface area contributed by atoms with Crippen LogP contribution in [0.25, 0.3) is 0 Å². The molecule has 2 N–H and O–H groups in total.